The fourth-order valence-corrected chi connectivity index (χ4v) is 4.15. The van der Waals surface area contributed by atoms with E-state index >= 15 is 0 Å². The summed E-state index contributed by atoms with van der Waals surface area (Å²) in [6.45, 7) is 5.83. The van der Waals surface area contributed by atoms with Gasteiger partial charge in [-0.25, -0.2) is 13.4 Å². The van der Waals surface area contributed by atoms with Crippen LogP contribution in [0.4, 0.5) is 5.13 Å². The Labute approximate surface area is 163 Å². The third-order valence-electron chi connectivity index (χ3n) is 4.26. The molecular formula is C20H20N2O3S2. The summed E-state index contributed by atoms with van der Waals surface area (Å²) in [6, 6.07) is 10.7. The Kier molecular flexibility index (Phi) is 5.17. The van der Waals surface area contributed by atoms with Gasteiger partial charge in [-0.1, -0.05) is 29.8 Å². The molecular weight excluding hydrogens is 380 g/mol. The van der Waals surface area contributed by atoms with Gasteiger partial charge in [0, 0.05) is 22.8 Å². The Morgan fingerprint density at radius 1 is 1.04 bits per heavy atom. The van der Waals surface area contributed by atoms with E-state index in [4.69, 9.17) is 0 Å². The highest BCUT2D eigenvalue weighted by atomic mass is 32.2. The third-order valence-corrected chi connectivity index (χ3v) is 6.13. The predicted octanol–water partition coefficient (Wildman–Crippen LogP) is 4.39. The molecule has 0 aliphatic carbocycles. The molecule has 0 aliphatic heterocycles. The minimum Gasteiger partial charge on any atom is -0.298 e. The van der Waals surface area contributed by atoms with Crippen molar-refractivity contribution in [1.82, 2.24) is 4.98 Å². The average Bonchev–Trinajstić information content (AvgIpc) is 3.02. The number of nitrogens with one attached hydrogen (secondary N) is 1. The maximum atomic E-state index is 12.6. The summed E-state index contributed by atoms with van der Waals surface area (Å²) >= 11 is 1.33. The fourth-order valence-electron chi connectivity index (χ4n) is 2.80. The van der Waals surface area contributed by atoms with Crippen molar-refractivity contribution in [3.63, 3.8) is 0 Å². The van der Waals surface area contributed by atoms with E-state index in [9.17, 15) is 13.2 Å². The highest BCUT2D eigenvalue weighted by molar-refractivity contribution is 7.90. The van der Waals surface area contributed by atoms with E-state index in [1.807, 2.05) is 31.4 Å². The zero-order valence-corrected chi connectivity index (χ0v) is 17.2. The molecule has 0 fully saturated rings. The smallest absolute Gasteiger partial charge is 0.257 e. The second-order valence-electron chi connectivity index (χ2n) is 6.56. The van der Waals surface area contributed by atoms with E-state index in [0.29, 0.717) is 16.3 Å². The largest absolute Gasteiger partial charge is 0.298 e. The summed E-state index contributed by atoms with van der Waals surface area (Å²) in [5.41, 5.74) is 5.14. The van der Waals surface area contributed by atoms with Gasteiger partial charge in [-0.15, -0.1) is 11.3 Å². The van der Waals surface area contributed by atoms with Crippen LogP contribution in [0.25, 0.3) is 11.3 Å². The molecule has 0 aliphatic rings. The van der Waals surface area contributed by atoms with Gasteiger partial charge < -0.3 is 0 Å². The number of anilines is 1. The molecule has 140 valence electrons. The monoisotopic (exact) mass is 400 g/mol. The quantitative estimate of drug-likeness (QED) is 0.705. The maximum absolute atomic E-state index is 12.6. The number of amides is 1. The SMILES string of the molecule is Cc1ccc(-c2csc(NC(=O)c3cc(S(C)(=O)=O)ccc3C)n2)c(C)c1. The zero-order valence-electron chi connectivity index (χ0n) is 15.5. The molecule has 1 N–H and O–H groups in total. The Morgan fingerprint density at radius 2 is 1.78 bits per heavy atom. The van der Waals surface area contributed by atoms with Gasteiger partial charge in [0.2, 0.25) is 0 Å². The van der Waals surface area contributed by atoms with Gasteiger partial charge in [0.05, 0.1) is 10.6 Å². The van der Waals surface area contributed by atoms with E-state index in [1.165, 1.54) is 29.0 Å². The van der Waals surface area contributed by atoms with Crippen molar-refractivity contribution in [3.05, 3.63) is 64.0 Å². The van der Waals surface area contributed by atoms with E-state index in [2.05, 4.69) is 16.4 Å². The molecule has 0 unspecified atom stereocenters. The van der Waals surface area contributed by atoms with Gasteiger partial charge in [0.15, 0.2) is 15.0 Å². The molecule has 1 heterocycles. The lowest BCUT2D eigenvalue weighted by Crippen LogP contribution is -2.14. The molecule has 7 heteroatoms. The minimum atomic E-state index is -3.38. The number of hydrogen-bond donors (Lipinski definition) is 1. The van der Waals surface area contributed by atoms with Crippen LogP contribution in [0.1, 0.15) is 27.0 Å². The van der Waals surface area contributed by atoms with Crippen LogP contribution in [-0.2, 0) is 9.84 Å². The number of thiazole rings is 1. The van der Waals surface area contributed by atoms with E-state index in [0.717, 1.165) is 23.1 Å². The molecule has 3 aromatic rings. The van der Waals surface area contributed by atoms with Crippen molar-refractivity contribution in [3.8, 4) is 11.3 Å². The molecule has 1 aromatic heterocycles. The summed E-state index contributed by atoms with van der Waals surface area (Å²) < 4.78 is 23.5. The maximum Gasteiger partial charge on any atom is 0.257 e. The van der Waals surface area contributed by atoms with Crippen LogP contribution in [0.2, 0.25) is 0 Å². The average molecular weight is 401 g/mol. The van der Waals surface area contributed by atoms with Gasteiger partial charge in [0.1, 0.15) is 0 Å². The third kappa shape index (κ3) is 4.26. The van der Waals surface area contributed by atoms with Crippen LogP contribution in [0.3, 0.4) is 0 Å². The lowest BCUT2D eigenvalue weighted by atomic mass is 10.0. The summed E-state index contributed by atoms with van der Waals surface area (Å²) in [7, 11) is -3.38. The number of aromatic nitrogens is 1. The lowest BCUT2D eigenvalue weighted by molar-refractivity contribution is 0.102. The summed E-state index contributed by atoms with van der Waals surface area (Å²) in [6.07, 6.45) is 1.12. The number of carbonyl (C=O) groups excluding carboxylic acids is 1. The first-order valence-corrected chi connectivity index (χ1v) is 11.1. The Morgan fingerprint density at radius 3 is 2.44 bits per heavy atom. The van der Waals surface area contributed by atoms with E-state index in [1.54, 1.807) is 13.0 Å². The Bertz CT molecular complexity index is 1130. The van der Waals surface area contributed by atoms with Gasteiger partial charge in [-0.3, -0.25) is 10.1 Å². The number of nitrogens with zero attached hydrogens (tertiary/aromatic N) is 1. The van der Waals surface area contributed by atoms with Crippen molar-refractivity contribution in [2.45, 2.75) is 25.7 Å². The van der Waals surface area contributed by atoms with Crippen molar-refractivity contribution in [1.29, 1.82) is 0 Å². The standard InChI is InChI=1S/C20H20N2O3S2/c1-12-5-8-16(14(3)9-12)18-11-26-20(21-18)22-19(23)17-10-15(27(4,24)25)7-6-13(17)2/h5-11H,1-4H3,(H,21,22,23). The fraction of sp³-hybridized carbons (Fsp3) is 0.200. The second-order valence-corrected chi connectivity index (χ2v) is 9.43. The predicted molar refractivity (Wildman–Crippen MR) is 109 cm³/mol. The van der Waals surface area contributed by atoms with Crippen molar-refractivity contribution in [2.24, 2.45) is 0 Å². The normalized spacial score (nSPS) is 11.4. The number of rotatable bonds is 4. The first-order chi connectivity index (χ1) is 12.6. The number of carbonyl (C=O) groups is 1. The highest BCUT2D eigenvalue weighted by Gasteiger charge is 2.16. The minimum absolute atomic E-state index is 0.119. The molecule has 5 nitrogen and oxygen atoms in total. The van der Waals surface area contributed by atoms with Crippen LogP contribution in [-0.4, -0.2) is 25.6 Å². The summed E-state index contributed by atoms with van der Waals surface area (Å²) in [5.74, 6) is -0.375. The highest BCUT2D eigenvalue weighted by Crippen LogP contribution is 2.28. The number of hydrogen-bond acceptors (Lipinski definition) is 5. The van der Waals surface area contributed by atoms with Gasteiger partial charge >= 0.3 is 0 Å². The van der Waals surface area contributed by atoms with Crippen LogP contribution < -0.4 is 5.32 Å². The Balaban J connectivity index is 1.87. The van der Waals surface area contributed by atoms with Crippen LogP contribution in [0, 0.1) is 20.8 Å². The van der Waals surface area contributed by atoms with Crippen LogP contribution in [0.5, 0.6) is 0 Å². The molecule has 0 bridgehead atoms. The van der Waals surface area contributed by atoms with Crippen molar-refractivity contribution in [2.75, 3.05) is 11.6 Å². The molecule has 1 amide bonds. The molecule has 0 spiro atoms. The molecule has 0 radical (unpaired) electrons. The van der Waals surface area contributed by atoms with Gasteiger partial charge in [-0.05, 0) is 44.0 Å². The van der Waals surface area contributed by atoms with Crippen molar-refractivity contribution < 1.29 is 13.2 Å². The van der Waals surface area contributed by atoms with Gasteiger partial charge in [0.25, 0.3) is 5.91 Å². The topological polar surface area (TPSA) is 76.1 Å². The van der Waals surface area contributed by atoms with Gasteiger partial charge in [-0.2, -0.15) is 0 Å². The number of sulfone groups is 1. The first kappa shape index (κ1) is 19.3. The summed E-state index contributed by atoms with van der Waals surface area (Å²) in [4.78, 5) is 17.3. The molecule has 3 rings (SSSR count). The first-order valence-electron chi connectivity index (χ1n) is 8.30. The van der Waals surface area contributed by atoms with Crippen LogP contribution >= 0.6 is 11.3 Å². The van der Waals surface area contributed by atoms with E-state index in [-0.39, 0.29) is 10.8 Å². The second kappa shape index (κ2) is 7.25. The number of aryl methyl sites for hydroxylation is 3. The van der Waals surface area contributed by atoms with Crippen LogP contribution in [0.15, 0.2) is 46.7 Å². The number of benzene rings is 2. The molecule has 27 heavy (non-hydrogen) atoms. The summed E-state index contributed by atoms with van der Waals surface area (Å²) in [5, 5.41) is 5.14. The Hall–Kier alpha value is -2.51. The lowest BCUT2D eigenvalue weighted by Gasteiger charge is -2.08. The van der Waals surface area contributed by atoms with E-state index < -0.39 is 9.84 Å². The zero-order chi connectivity index (χ0) is 19.8. The molecule has 2 aromatic carbocycles. The molecule has 0 saturated heterocycles. The molecule has 0 saturated carbocycles. The molecule has 0 atom stereocenters. The van der Waals surface area contributed by atoms with Crippen molar-refractivity contribution >= 4 is 32.2 Å².